The van der Waals surface area contributed by atoms with Crippen molar-refractivity contribution >= 4 is 35.4 Å². The van der Waals surface area contributed by atoms with Crippen molar-refractivity contribution in [2.45, 2.75) is 0 Å². The second-order valence-electron chi connectivity index (χ2n) is 2.68. The fraction of sp³-hybridized carbons (Fsp3) is 0. The van der Waals surface area contributed by atoms with Crippen molar-refractivity contribution in [3.05, 3.63) is 46.0 Å². The van der Waals surface area contributed by atoms with Gasteiger partial charge in [0.15, 0.2) is 10.3 Å². The summed E-state index contributed by atoms with van der Waals surface area (Å²) in [5.74, 6) is 0. The van der Waals surface area contributed by atoms with E-state index >= 15 is 0 Å². The molecule has 0 unspecified atom stereocenters. The van der Waals surface area contributed by atoms with Gasteiger partial charge >= 0.3 is 0 Å². The van der Waals surface area contributed by atoms with Crippen LogP contribution in [0.3, 0.4) is 0 Å². The molecule has 1 aliphatic carbocycles. The molecule has 0 aliphatic heterocycles. The highest BCUT2D eigenvalue weighted by Gasteiger charge is 2.06. The van der Waals surface area contributed by atoms with Crippen LogP contribution in [0.4, 0.5) is 0 Å². The lowest BCUT2D eigenvalue weighted by Crippen LogP contribution is -1.94. The maximum absolute atomic E-state index is 5.76. The zero-order valence-corrected chi connectivity index (χ0v) is 8.63. The molecular formula is C10H6Cl2N2. The van der Waals surface area contributed by atoms with Gasteiger partial charge in [0, 0.05) is 0 Å². The minimum absolute atomic E-state index is 0.230. The molecule has 0 fully saturated rings. The standard InChI is InChI=1S/C10H6Cl2N2/c11-9-10(12)14-8-6-4-2-1-3-5-7(8)13-9/h1-6H/b2-1-,3-1?,4-2?,5-3-,6-4?,7-5?,8-6?. The van der Waals surface area contributed by atoms with E-state index in [4.69, 9.17) is 23.2 Å². The molecule has 0 radical (unpaired) electrons. The third-order valence-corrected chi connectivity index (χ3v) is 2.34. The van der Waals surface area contributed by atoms with E-state index in [1.807, 2.05) is 36.5 Å². The zero-order valence-electron chi connectivity index (χ0n) is 7.11. The van der Waals surface area contributed by atoms with Gasteiger partial charge in [0.2, 0.25) is 0 Å². The van der Waals surface area contributed by atoms with Gasteiger partial charge in [0.25, 0.3) is 0 Å². The molecule has 1 aromatic rings. The van der Waals surface area contributed by atoms with Gasteiger partial charge in [0.05, 0.1) is 11.4 Å². The summed E-state index contributed by atoms with van der Waals surface area (Å²) in [6.45, 7) is 0. The van der Waals surface area contributed by atoms with Crippen LogP contribution < -0.4 is 0 Å². The quantitative estimate of drug-likeness (QED) is 0.676. The average molecular weight is 225 g/mol. The number of aromatic nitrogens is 2. The Morgan fingerprint density at radius 2 is 1.14 bits per heavy atom. The van der Waals surface area contributed by atoms with Crippen molar-refractivity contribution in [1.82, 2.24) is 9.97 Å². The molecule has 0 saturated heterocycles. The van der Waals surface area contributed by atoms with Crippen molar-refractivity contribution < 1.29 is 0 Å². The summed E-state index contributed by atoms with van der Waals surface area (Å²) < 4.78 is 0. The van der Waals surface area contributed by atoms with E-state index < -0.39 is 0 Å². The molecule has 0 N–H and O–H groups in total. The lowest BCUT2D eigenvalue weighted by molar-refractivity contribution is 1.16. The van der Waals surface area contributed by atoms with Crippen LogP contribution in [0.25, 0.3) is 12.2 Å². The van der Waals surface area contributed by atoms with E-state index in [0.29, 0.717) is 0 Å². The molecule has 1 aliphatic rings. The Morgan fingerprint density at radius 1 is 0.714 bits per heavy atom. The molecule has 14 heavy (non-hydrogen) atoms. The summed E-state index contributed by atoms with van der Waals surface area (Å²) in [6.07, 6.45) is 11.2. The van der Waals surface area contributed by atoms with Gasteiger partial charge in [-0.25, -0.2) is 9.97 Å². The molecule has 4 heteroatoms. The first-order chi connectivity index (χ1) is 6.77. The predicted octanol–water partition coefficient (Wildman–Crippen LogP) is 3.38. The molecule has 0 amide bonds. The van der Waals surface area contributed by atoms with Gasteiger partial charge in [-0.3, -0.25) is 0 Å². The molecule has 2 nitrogen and oxygen atoms in total. The maximum Gasteiger partial charge on any atom is 0.167 e. The first kappa shape index (κ1) is 9.44. The van der Waals surface area contributed by atoms with E-state index in [9.17, 15) is 0 Å². The second kappa shape index (κ2) is 3.95. The molecule has 0 saturated carbocycles. The molecule has 0 spiro atoms. The molecular weight excluding hydrogens is 219 g/mol. The summed E-state index contributed by atoms with van der Waals surface area (Å²) >= 11 is 11.5. The highest BCUT2D eigenvalue weighted by molar-refractivity contribution is 6.40. The van der Waals surface area contributed by atoms with Crippen LogP contribution in [-0.4, -0.2) is 9.97 Å². The summed E-state index contributed by atoms with van der Waals surface area (Å²) in [5, 5.41) is 0.459. The fourth-order valence-corrected chi connectivity index (χ4v) is 1.35. The Morgan fingerprint density at radius 3 is 1.57 bits per heavy atom. The average Bonchev–Trinajstić information content (AvgIpc) is 2.13. The third-order valence-electron chi connectivity index (χ3n) is 1.71. The number of hydrogen-bond donors (Lipinski definition) is 0. The zero-order chi connectivity index (χ0) is 9.97. The summed E-state index contributed by atoms with van der Waals surface area (Å²) in [6, 6.07) is 0. The SMILES string of the molecule is Clc1nc2c(nc1Cl)/C=C\C=C/C=C2. The van der Waals surface area contributed by atoms with Crippen LogP contribution >= 0.6 is 23.2 Å². The normalized spacial score (nSPS) is 18.1. The number of allylic oxidation sites excluding steroid dienone is 4. The van der Waals surface area contributed by atoms with Crippen molar-refractivity contribution in [3.63, 3.8) is 0 Å². The van der Waals surface area contributed by atoms with E-state index in [2.05, 4.69) is 9.97 Å². The smallest absolute Gasteiger partial charge is 0.167 e. The molecule has 0 bridgehead atoms. The van der Waals surface area contributed by atoms with E-state index in [0.717, 1.165) is 11.4 Å². The van der Waals surface area contributed by atoms with Crippen molar-refractivity contribution in [1.29, 1.82) is 0 Å². The first-order valence-corrected chi connectivity index (χ1v) is 4.77. The molecule has 70 valence electrons. The van der Waals surface area contributed by atoms with Gasteiger partial charge < -0.3 is 0 Å². The minimum Gasteiger partial charge on any atom is -0.231 e. The monoisotopic (exact) mass is 224 g/mol. The molecule has 1 aromatic heterocycles. The highest BCUT2D eigenvalue weighted by atomic mass is 35.5. The Hall–Kier alpha value is -1.12. The molecule has 0 aromatic carbocycles. The van der Waals surface area contributed by atoms with Crippen LogP contribution in [0.1, 0.15) is 11.4 Å². The topological polar surface area (TPSA) is 25.8 Å². The van der Waals surface area contributed by atoms with Gasteiger partial charge in [-0.2, -0.15) is 0 Å². The van der Waals surface area contributed by atoms with Crippen LogP contribution in [0, 0.1) is 0 Å². The summed E-state index contributed by atoms with van der Waals surface area (Å²) in [5.41, 5.74) is 1.44. The number of fused-ring (bicyclic) bond motifs is 1. The van der Waals surface area contributed by atoms with Gasteiger partial charge in [-0.15, -0.1) is 0 Å². The number of hydrogen-bond acceptors (Lipinski definition) is 2. The van der Waals surface area contributed by atoms with Crippen molar-refractivity contribution in [3.8, 4) is 0 Å². The molecule has 0 atom stereocenters. The van der Waals surface area contributed by atoms with Crippen molar-refractivity contribution in [2.24, 2.45) is 0 Å². The Labute approximate surface area is 91.6 Å². The van der Waals surface area contributed by atoms with Crippen molar-refractivity contribution in [2.75, 3.05) is 0 Å². The fourth-order valence-electron chi connectivity index (χ4n) is 1.09. The lowest BCUT2D eigenvalue weighted by Gasteiger charge is -2.02. The van der Waals surface area contributed by atoms with Gasteiger partial charge in [-0.1, -0.05) is 47.5 Å². The first-order valence-electron chi connectivity index (χ1n) is 4.02. The van der Waals surface area contributed by atoms with E-state index in [-0.39, 0.29) is 10.3 Å². The predicted molar refractivity (Wildman–Crippen MR) is 59.3 cm³/mol. The minimum atomic E-state index is 0.230. The van der Waals surface area contributed by atoms with Crippen LogP contribution in [0.15, 0.2) is 24.3 Å². The number of rotatable bonds is 0. The van der Waals surface area contributed by atoms with Crippen LogP contribution in [-0.2, 0) is 0 Å². The Kier molecular flexibility index (Phi) is 2.66. The Balaban J connectivity index is 2.60. The van der Waals surface area contributed by atoms with Gasteiger partial charge in [-0.05, 0) is 12.2 Å². The summed E-state index contributed by atoms with van der Waals surface area (Å²) in [4.78, 5) is 8.23. The molecule has 2 rings (SSSR count). The second-order valence-corrected chi connectivity index (χ2v) is 3.39. The number of halogens is 2. The van der Waals surface area contributed by atoms with Crippen LogP contribution in [0.2, 0.25) is 10.3 Å². The van der Waals surface area contributed by atoms with Gasteiger partial charge in [0.1, 0.15) is 0 Å². The van der Waals surface area contributed by atoms with Crippen LogP contribution in [0.5, 0.6) is 0 Å². The molecule has 1 heterocycles. The maximum atomic E-state index is 5.76. The highest BCUT2D eigenvalue weighted by Crippen LogP contribution is 2.21. The number of nitrogens with zero attached hydrogens (tertiary/aromatic N) is 2. The van der Waals surface area contributed by atoms with E-state index in [1.165, 1.54) is 0 Å². The summed E-state index contributed by atoms with van der Waals surface area (Å²) in [7, 11) is 0. The van der Waals surface area contributed by atoms with E-state index in [1.54, 1.807) is 0 Å². The largest absolute Gasteiger partial charge is 0.231 e. The Bertz CT molecular complexity index is 407. The lowest BCUT2D eigenvalue weighted by atomic mass is 10.2. The third kappa shape index (κ3) is 1.86.